The Morgan fingerprint density at radius 1 is 1.57 bits per heavy atom. The van der Waals surface area contributed by atoms with Crippen molar-refractivity contribution in [1.29, 1.82) is 0 Å². The lowest BCUT2D eigenvalue weighted by molar-refractivity contribution is -0.149. The van der Waals surface area contributed by atoms with E-state index in [0.29, 0.717) is 17.1 Å². The van der Waals surface area contributed by atoms with Gasteiger partial charge in [0.15, 0.2) is 0 Å². The maximum atomic E-state index is 11.6. The zero-order valence-electron chi connectivity index (χ0n) is 8.66. The van der Waals surface area contributed by atoms with Gasteiger partial charge in [0.05, 0.1) is 7.11 Å². The van der Waals surface area contributed by atoms with Crippen LogP contribution in [-0.2, 0) is 9.53 Å². The van der Waals surface area contributed by atoms with E-state index in [1.807, 2.05) is 11.8 Å². The smallest absolute Gasteiger partial charge is 0.326 e. The van der Waals surface area contributed by atoms with Crippen LogP contribution in [-0.4, -0.2) is 30.1 Å². The molecule has 0 amide bonds. The maximum absolute atomic E-state index is 11.6. The summed E-state index contributed by atoms with van der Waals surface area (Å²) in [6, 6.07) is 0. The average Bonchev–Trinajstić information content (AvgIpc) is 2.73. The zero-order valence-corrected chi connectivity index (χ0v) is 9.47. The highest BCUT2D eigenvalue weighted by atomic mass is 32.2. The fraction of sp³-hybridized carbons (Fsp3) is 0.900. The van der Waals surface area contributed by atoms with E-state index in [1.165, 1.54) is 13.5 Å². The Balaban J connectivity index is 2.19. The van der Waals surface area contributed by atoms with Crippen LogP contribution < -0.4 is 5.73 Å². The van der Waals surface area contributed by atoms with Crippen molar-refractivity contribution in [1.82, 2.24) is 0 Å². The summed E-state index contributed by atoms with van der Waals surface area (Å²) in [5.74, 6) is 0.750. The Morgan fingerprint density at radius 3 is 2.79 bits per heavy atom. The van der Waals surface area contributed by atoms with Gasteiger partial charge in [0.2, 0.25) is 0 Å². The minimum atomic E-state index is -0.689. The van der Waals surface area contributed by atoms with Crippen LogP contribution >= 0.6 is 11.8 Å². The van der Waals surface area contributed by atoms with Crippen molar-refractivity contribution in [3.05, 3.63) is 0 Å². The number of hydrogen-bond acceptors (Lipinski definition) is 4. The molecule has 0 radical (unpaired) electrons. The van der Waals surface area contributed by atoms with Gasteiger partial charge in [-0.15, -0.1) is 0 Å². The van der Waals surface area contributed by atoms with Crippen molar-refractivity contribution < 1.29 is 9.53 Å². The van der Waals surface area contributed by atoms with Crippen LogP contribution in [0.3, 0.4) is 0 Å². The summed E-state index contributed by atoms with van der Waals surface area (Å²) in [6.45, 7) is 0. The number of thioether (sulfide) groups is 1. The van der Waals surface area contributed by atoms with Crippen LogP contribution in [0.1, 0.15) is 19.3 Å². The average molecular weight is 215 g/mol. The van der Waals surface area contributed by atoms with Gasteiger partial charge < -0.3 is 10.5 Å². The fourth-order valence-electron chi connectivity index (χ4n) is 3.12. The molecule has 2 aliphatic carbocycles. The van der Waals surface area contributed by atoms with Gasteiger partial charge in [-0.2, -0.15) is 11.8 Å². The van der Waals surface area contributed by atoms with Gasteiger partial charge in [0.1, 0.15) is 5.54 Å². The molecule has 0 aromatic heterocycles. The molecule has 0 saturated heterocycles. The van der Waals surface area contributed by atoms with Crippen molar-refractivity contribution >= 4 is 17.7 Å². The molecule has 2 rings (SSSR count). The zero-order chi connectivity index (χ0) is 10.3. The molecule has 4 unspecified atom stereocenters. The molecule has 2 N–H and O–H groups in total. The third-order valence-corrected chi connectivity index (χ3v) is 4.88. The highest BCUT2D eigenvalue weighted by Crippen LogP contribution is 2.53. The lowest BCUT2D eigenvalue weighted by Gasteiger charge is -2.35. The third-order valence-electron chi connectivity index (χ3n) is 3.76. The Hall–Kier alpha value is -0.220. The standard InChI is InChI=1S/C10H17NO2S/c1-13-9(12)10(11)5-6-3-7(10)8(4-6)14-2/h6-8H,3-5,11H2,1-2H3. The lowest BCUT2D eigenvalue weighted by atomic mass is 9.81. The molecule has 4 atom stereocenters. The highest BCUT2D eigenvalue weighted by molar-refractivity contribution is 7.99. The predicted octanol–water partition coefficient (Wildman–Crippen LogP) is 1.02. The number of carbonyl (C=O) groups excluding carboxylic acids is 1. The molecule has 2 saturated carbocycles. The largest absolute Gasteiger partial charge is 0.468 e. The molecule has 0 aromatic carbocycles. The summed E-state index contributed by atoms with van der Waals surface area (Å²) in [5.41, 5.74) is 5.49. The van der Waals surface area contributed by atoms with Gasteiger partial charge in [-0.3, -0.25) is 4.79 Å². The lowest BCUT2D eigenvalue weighted by Crippen LogP contribution is -2.55. The number of rotatable bonds is 2. The molecule has 0 spiro atoms. The molecule has 2 aliphatic rings. The molecule has 0 aromatic rings. The Kier molecular flexibility index (Phi) is 2.52. The Bertz CT molecular complexity index is 259. The highest BCUT2D eigenvalue weighted by Gasteiger charge is 2.58. The van der Waals surface area contributed by atoms with Gasteiger partial charge in [-0.1, -0.05) is 0 Å². The number of fused-ring (bicyclic) bond motifs is 2. The molecular weight excluding hydrogens is 198 g/mol. The number of methoxy groups -OCH3 is 1. The summed E-state index contributed by atoms with van der Waals surface area (Å²) in [7, 11) is 1.43. The van der Waals surface area contributed by atoms with E-state index in [1.54, 1.807) is 0 Å². The first-order chi connectivity index (χ1) is 6.61. The van der Waals surface area contributed by atoms with E-state index in [2.05, 4.69) is 6.26 Å². The van der Waals surface area contributed by atoms with Crippen LogP contribution in [0.5, 0.6) is 0 Å². The van der Waals surface area contributed by atoms with Crippen molar-refractivity contribution in [2.45, 2.75) is 30.1 Å². The normalized spacial score (nSPS) is 45.5. The molecule has 3 nitrogen and oxygen atoms in total. The molecule has 4 heteroatoms. The molecular formula is C10H17NO2S. The van der Waals surface area contributed by atoms with Crippen molar-refractivity contribution in [3.63, 3.8) is 0 Å². The summed E-state index contributed by atoms with van der Waals surface area (Å²) in [6.07, 6.45) is 5.25. The second-order valence-corrected chi connectivity index (χ2v) is 5.53. The van der Waals surface area contributed by atoms with Crippen LogP contribution in [0.2, 0.25) is 0 Å². The molecule has 2 fully saturated rings. The van der Waals surface area contributed by atoms with Crippen LogP contribution in [0.25, 0.3) is 0 Å². The summed E-state index contributed by atoms with van der Waals surface area (Å²) < 4.78 is 4.81. The Morgan fingerprint density at radius 2 is 2.29 bits per heavy atom. The first-order valence-electron chi connectivity index (χ1n) is 5.02. The molecule has 14 heavy (non-hydrogen) atoms. The van der Waals surface area contributed by atoms with Crippen LogP contribution in [0.15, 0.2) is 0 Å². The first kappa shape index (κ1) is 10.3. The number of hydrogen-bond donors (Lipinski definition) is 1. The SMILES string of the molecule is COC(=O)C1(N)CC2CC(SC)C1C2. The molecule has 2 bridgehead atoms. The number of esters is 1. The first-order valence-corrected chi connectivity index (χ1v) is 6.30. The van der Waals surface area contributed by atoms with E-state index in [9.17, 15) is 4.79 Å². The minimum Gasteiger partial charge on any atom is -0.468 e. The second-order valence-electron chi connectivity index (χ2n) is 4.45. The second kappa shape index (κ2) is 3.42. The third kappa shape index (κ3) is 1.27. The quantitative estimate of drug-likeness (QED) is 0.699. The Labute approximate surface area is 88.8 Å². The van der Waals surface area contributed by atoms with Crippen LogP contribution in [0, 0.1) is 11.8 Å². The summed E-state index contributed by atoms with van der Waals surface area (Å²) in [5, 5.41) is 0.554. The summed E-state index contributed by atoms with van der Waals surface area (Å²) >= 11 is 1.84. The van der Waals surface area contributed by atoms with Crippen molar-refractivity contribution in [2.24, 2.45) is 17.6 Å². The topological polar surface area (TPSA) is 52.3 Å². The monoisotopic (exact) mass is 215 g/mol. The molecule has 80 valence electrons. The fourth-order valence-corrected chi connectivity index (χ4v) is 4.27. The van der Waals surface area contributed by atoms with Gasteiger partial charge in [-0.25, -0.2) is 0 Å². The van der Waals surface area contributed by atoms with Crippen LogP contribution in [0.4, 0.5) is 0 Å². The van der Waals surface area contributed by atoms with E-state index >= 15 is 0 Å². The molecule has 0 aliphatic heterocycles. The summed E-state index contributed by atoms with van der Waals surface area (Å²) in [4.78, 5) is 11.6. The van der Waals surface area contributed by atoms with E-state index < -0.39 is 5.54 Å². The van der Waals surface area contributed by atoms with Gasteiger partial charge >= 0.3 is 5.97 Å². The van der Waals surface area contributed by atoms with Gasteiger partial charge in [0, 0.05) is 5.25 Å². The van der Waals surface area contributed by atoms with E-state index in [0.717, 1.165) is 12.8 Å². The predicted molar refractivity (Wildman–Crippen MR) is 57.1 cm³/mol. The van der Waals surface area contributed by atoms with E-state index in [4.69, 9.17) is 10.5 Å². The number of carbonyl (C=O) groups is 1. The number of ether oxygens (including phenoxy) is 1. The van der Waals surface area contributed by atoms with Gasteiger partial charge in [0.25, 0.3) is 0 Å². The minimum absolute atomic E-state index is 0.219. The van der Waals surface area contributed by atoms with Crippen molar-refractivity contribution in [3.8, 4) is 0 Å². The molecule has 0 heterocycles. The van der Waals surface area contributed by atoms with Gasteiger partial charge in [-0.05, 0) is 37.4 Å². The van der Waals surface area contributed by atoms with Crippen molar-refractivity contribution in [2.75, 3.05) is 13.4 Å². The van der Waals surface area contributed by atoms with E-state index in [-0.39, 0.29) is 5.97 Å². The number of nitrogens with two attached hydrogens (primary N) is 1. The maximum Gasteiger partial charge on any atom is 0.326 e.